The number of rotatable bonds is 4. The SMILES string of the molecule is COC(=O)/C(C#N)=N/Nc1ccccc1C(=O)OC. The molecular weight excluding hydrogens is 250 g/mol. The lowest BCUT2D eigenvalue weighted by Crippen LogP contribution is -2.16. The third-order valence-corrected chi connectivity index (χ3v) is 2.11. The third-order valence-electron chi connectivity index (χ3n) is 2.11. The van der Waals surface area contributed by atoms with Crippen LogP contribution < -0.4 is 5.43 Å². The summed E-state index contributed by atoms with van der Waals surface area (Å²) in [5, 5.41) is 12.3. The molecule has 0 atom stereocenters. The molecule has 0 bridgehead atoms. The van der Waals surface area contributed by atoms with Gasteiger partial charge in [0, 0.05) is 0 Å². The second kappa shape index (κ2) is 6.76. The molecule has 0 aliphatic heterocycles. The van der Waals surface area contributed by atoms with Crippen molar-refractivity contribution in [2.24, 2.45) is 5.10 Å². The molecule has 0 heterocycles. The number of anilines is 1. The van der Waals surface area contributed by atoms with Gasteiger partial charge in [0.05, 0.1) is 25.5 Å². The first-order valence-corrected chi connectivity index (χ1v) is 5.13. The molecule has 98 valence electrons. The normalized spacial score (nSPS) is 10.3. The van der Waals surface area contributed by atoms with Crippen LogP contribution in [0.1, 0.15) is 10.4 Å². The molecule has 0 aromatic heterocycles. The fraction of sp³-hybridized carbons (Fsp3) is 0.167. The van der Waals surface area contributed by atoms with Crippen molar-refractivity contribution in [1.29, 1.82) is 5.26 Å². The van der Waals surface area contributed by atoms with Crippen LogP contribution in [-0.2, 0) is 14.3 Å². The molecule has 0 radical (unpaired) electrons. The predicted octanol–water partition coefficient (Wildman–Crippen LogP) is 0.938. The minimum absolute atomic E-state index is 0.232. The summed E-state index contributed by atoms with van der Waals surface area (Å²) in [6.45, 7) is 0. The number of nitriles is 1. The first-order valence-electron chi connectivity index (χ1n) is 5.13. The largest absolute Gasteiger partial charge is 0.465 e. The summed E-state index contributed by atoms with van der Waals surface area (Å²) in [6, 6.07) is 7.97. The molecule has 0 saturated heterocycles. The number of esters is 2. The first-order chi connectivity index (χ1) is 9.13. The summed E-state index contributed by atoms with van der Waals surface area (Å²) in [4.78, 5) is 22.6. The maximum Gasteiger partial charge on any atom is 0.369 e. The average molecular weight is 261 g/mol. The molecule has 0 aliphatic rings. The molecule has 1 N–H and O–H groups in total. The smallest absolute Gasteiger partial charge is 0.369 e. The fourth-order valence-corrected chi connectivity index (χ4v) is 1.20. The number of methoxy groups -OCH3 is 2. The van der Waals surface area contributed by atoms with Crippen molar-refractivity contribution >= 4 is 23.3 Å². The van der Waals surface area contributed by atoms with E-state index in [4.69, 9.17) is 5.26 Å². The lowest BCUT2D eigenvalue weighted by molar-refractivity contribution is -0.132. The number of nitrogens with zero attached hydrogens (tertiary/aromatic N) is 2. The molecule has 0 amide bonds. The van der Waals surface area contributed by atoms with Gasteiger partial charge in [0.1, 0.15) is 6.07 Å². The molecule has 1 rings (SSSR count). The number of carbonyl (C=O) groups is 2. The maximum atomic E-state index is 11.5. The molecule has 0 aliphatic carbocycles. The molecule has 0 saturated carbocycles. The lowest BCUT2D eigenvalue weighted by atomic mass is 10.2. The Bertz CT molecular complexity index is 560. The van der Waals surface area contributed by atoms with E-state index in [1.54, 1.807) is 24.3 Å². The van der Waals surface area contributed by atoms with E-state index in [1.165, 1.54) is 13.2 Å². The van der Waals surface area contributed by atoms with E-state index in [0.29, 0.717) is 5.69 Å². The number of hydrazone groups is 1. The second-order valence-corrected chi connectivity index (χ2v) is 3.21. The summed E-state index contributed by atoms with van der Waals surface area (Å²) < 4.78 is 8.96. The molecule has 7 heteroatoms. The van der Waals surface area contributed by atoms with Crippen LogP contribution in [0, 0.1) is 11.3 Å². The van der Waals surface area contributed by atoms with Crippen molar-refractivity contribution in [3.8, 4) is 6.07 Å². The number of hydrogen-bond donors (Lipinski definition) is 1. The topological polar surface area (TPSA) is 101 Å². The zero-order valence-corrected chi connectivity index (χ0v) is 10.3. The van der Waals surface area contributed by atoms with Gasteiger partial charge in [-0.2, -0.15) is 10.4 Å². The molecular formula is C12H11N3O4. The second-order valence-electron chi connectivity index (χ2n) is 3.21. The number of hydrogen-bond acceptors (Lipinski definition) is 7. The summed E-state index contributed by atoms with van der Waals surface area (Å²) in [6.07, 6.45) is 0. The van der Waals surface area contributed by atoms with E-state index in [-0.39, 0.29) is 5.56 Å². The van der Waals surface area contributed by atoms with Gasteiger partial charge >= 0.3 is 11.9 Å². The zero-order chi connectivity index (χ0) is 14.3. The van der Waals surface area contributed by atoms with Gasteiger partial charge in [0.15, 0.2) is 0 Å². The van der Waals surface area contributed by atoms with Crippen LogP contribution in [0.3, 0.4) is 0 Å². The van der Waals surface area contributed by atoms with Gasteiger partial charge in [-0.15, -0.1) is 0 Å². The lowest BCUT2D eigenvalue weighted by Gasteiger charge is -2.06. The Morgan fingerprint density at radius 3 is 2.53 bits per heavy atom. The van der Waals surface area contributed by atoms with Gasteiger partial charge in [0.25, 0.3) is 0 Å². The molecule has 1 aromatic carbocycles. The highest BCUT2D eigenvalue weighted by atomic mass is 16.5. The standard InChI is InChI=1S/C12H11N3O4/c1-18-11(16)8-5-3-4-6-9(8)14-15-10(7-13)12(17)19-2/h3-6,14H,1-2H3/b15-10+. The highest BCUT2D eigenvalue weighted by Gasteiger charge is 2.13. The van der Waals surface area contributed by atoms with Gasteiger partial charge in [-0.1, -0.05) is 12.1 Å². The highest BCUT2D eigenvalue weighted by Crippen LogP contribution is 2.15. The van der Waals surface area contributed by atoms with Crippen molar-refractivity contribution in [2.45, 2.75) is 0 Å². The van der Waals surface area contributed by atoms with Crippen LogP contribution in [0.25, 0.3) is 0 Å². The molecule has 19 heavy (non-hydrogen) atoms. The maximum absolute atomic E-state index is 11.5. The number of ether oxygens (including phenoxy) is 2. The van der Waals surface area contributed by atoms with E-state index in [9.17, 15) is 9.59 Å². The van der Waals surface area contributed by atoms with Crippen LogP contribution in [0.5, 0.6) is 0 Å². The molecule has 0 spiro atoms. The van der Waals surface area contributed by atoms with Crippen molar-refractivity contribution in [1.82, 2.24) is 0 Å². The average Bonchev–Trinajstić information content (AvgIpc) is 2.47. The van der Waals surface area contributed by atoms with Gasteiger partial charge < -0.3 is 9.47 Å². The van der Waals surface area contributed by atoms with E-state index in [2.05, 4.69) is 20.0 Å². The minimum Gasteiger partial charge on any atom is -0.465 e. The number of carbonyl (C=O) groups excluding carboxylic acids is 2. The zero-order valence-electron chi connectivity index (χ0n) is 10.3. The van der Waals surface area contributed by atoms with E-state index >= 15 is 0 Å². The van der Waals surface area contributed by atoms with Crippen molar-refractivity contribution in [2.75, 3.05) is 19.6 Å². The molecule has 7 nitrogen and oxygen atoms in total. The van der Waals surface area contributed by atoms with Gasteiger partial charge in [-0.25, -0.2) is 9.59 Å². The molecule has 0 fully saturated rings. The monoisotopic (exact) mass is 261 g/mol. The predicted molar refractivity (Wildman–Crippen MR) is 66.5 cm³/mol. The quantitative estimate of drug-likeness (QED) is 0.491. The number of nitrogens with one attached hydrogen (secondary N) is 1. The van der Waals surface area contributed by atoms with Crippen molar-refractivity contribution < 1.29 is 19.1 Å². The van der Waals surface area contributed by atoms with Crippen LogP contribution in [-0.4, -0.2) is 31.9 Å². The summed E-state index contributed by atoms with van der Waals surface area (Å²) >= 11 is 0. The van der Waals surface area contributed by atoms with Gasteiger partial charge in [-0.3, -0.25) is 5.43 Å². The van der Waals surface area contributed by atoms with E-state index < -0.39 is 17.7 Å². The summed E-state index contributed by atoms with van der Waals surface area (Å²) in [5.41, 5.74) is 2.55. The van der Waals surface area contributed by atoms with Crippen molar-refractivity contribution in [3.05, 3.63) is 29.8 Å². The van der Waals surface area contributed by atoms with E-state index in [1.807, 2.05) is 0 Å². The van der Waals surface area contributed by atoms with Crippen LogP contribution in [0.2, 0.25) is 0 Å². The van der Waals surface area contributed by atoms with Crippen LogP contribution in [0.15, 0.2) is 29.4 Å². The molecule has 1 aromatic rings. The summed E-state index contributed by atoms with van der Waals surface area (Å²) in [7, 11) is 2.38. The van der Waals surface area contributed by atoms with Gasteiger partial charge in [0.2, 0.25) is 5.71 Å². The highest BCUT2D eigenvalue weighted by molar-refractivity contribution is 6.43. The number of para-hydroxylation sites is 1. The van der Waals surface area contributed by atoms with Gasteiger partial charge in [-0.05, 0) is 12.1 Å². The Balaban J connectivity index is 3.01. The Morgan fingerprint density at radius 1 is 1.26 bits per heavy atom. The van der Waals surface area contributed by atoms with Crippen molar-refractivity contribution in [3.63, 3.8) is 0 Å². The Kier molecular flexibility index (Phi) is 5.04. The minimum atomic E-state index is -0.870. The third kappa shape index (κ3) is 3.54. The first kappa shape index (κ1) is 14.2. The Hall–Kier alpha value is -2.88. The van der Waals surface area contributed by atoms with Crippen LogP contribution >= 0.6 is 0 Å². The molecule has 0 unspecified atom stereocenters. The van der Waals surface area contributed by atoms with Crippen LogP contribution in [0.4, 0.5) is 5.69 Å². The Morgan fingerprint density at radius 2 is 1.95 bits per heavy atom. The Labute approximate surface area is 109 Å². The summed E-state index contributed by atoms with van der Waals surface area (Å²) in [5.74, 6) is -1.43. The van der Waals surface area contributed by atoms with E-state index in [0.717, 1.165) is 7.11 Å². The number of benzene rings is 1. The fourth-order valence-electron chi connectivity index (χ4n) is 1.20.